The fourth-order valence-electron chi connectivity index (χ4n) is 2.37. The predicted octanol–water partition coefficient (Wildman–Crippen LogP) is 4.93. The highest BCUT2D eigenvalue weighted by atomic mass is 35.5. The van der Waals surface area contributed by atoms with E-state index in [0.717, 1.165) is 23.1 Å². The van der Waals surface area contributed by atoms with Crippen LogP contribution in [0.3, 0.4) is 0 Å². The number of aliphatic hydroxyl groups excluding tert-OH is 1. The lowest BCUT2D eigenvalue weighted by Crippen LogP contribution is -2.02. The maximum Gasteiger partial charge on any atom is 0.105 e. The van der Waals surface area contributed by atoms with Crippen molar-refractivity contribution in [3.8, 4) is 0 Å². The molecule has 0 heterocycles. The molecule has 0 saturated heterocycles. The zero-order chi connectivity index (χ0) is 14.7. The number of hydrogen-bond donors (Lipinski definition) is 1. The molecule has 0 aromatic heterocycles. The van der Waals surface area contributed by atoms with E-state index in [9.17, 15) is 5.11 Å². The van der Waals surface area contributed by atoms with E-state index in [0.29, 0.717) is 10.9 Å². The van der Waals surface area contributed by atoms with Crippen molar-refractivity contribution in [2.45, 2.75) is 33.3 Å². The number of hydrogen-bond acceptors (Lipinski definition) is 1. The largest absolute Gasteiger partial charge is 0.384 e. The molecule has 1 nitrogen and oxygen atoms in total. The van der Waals surface area contributed by atoms with Gasteiger partial charge in [0.15, 0.2) is 0 Å². The van der Waals surface area contributed by atoms with Crippen molar-refractivity contribution in [3.05, 3.63) is 69.7 Å². The standard InChI is InChI=1S/C18H21ClO/c1-12(2)11-14-7-9-15(10-8-14)18(20)16-6-4-5-13(3)17(16)19/h4-10,12,18,20H,11H2,1-3H3. The molecular weight excluding hydrogens is 268 g/mol. The molecule has 2 aromatic rings. The van der Waals surface area contributed by atoms with Gasteiger partial charge in [0.05, 0.1) is 0 Å². The second-order valence-corrected chi connectivity index (χ2v) is 6.10. The van der Waals surface area contributed by atoms with Crippen LogP contribution in [0.2, 0.25) is 5.02 Å². The van der Waals surface area contributed by atoms with Crippen molar-refractivity contribution in [2.24, 2.45) is 5.92 Å². The van der Waals surface area contributed by atoms with E-state index >= 15 is 0 Å². The van der Waals surface area contributed by atoms with Crippen molar-refractivity contribution in [3.63, 3.8) is 0 Å². The van der Waals surface area contributed by atoms with Gasteiger partial charge in [-0.1, -0.05) is 67.9 Å². The molecule has 0 spiro atoms. The monoisotopic (exact) mass is 288 g/mol. The maximum atomic E-state index is 10.5. The second kappa shape index (κ2) is 6.43. The summed E-state index contributed by atoms with van der Waals surface area (Å²) < 4.78 is 0. The van der Waals surface area contributed by atoms with Crippen LogP contribution in [0.1, 0.15) is 42.2 Å². The van der Waals surface area contributed by atoms with Crippen molar-refractivity contribution < 1.29 is 5.11 Å². The fourth-order valence-corrected chi connectivity index (χ4v) is 2.60. The Morgan fingerprint density at radius 3 is 2.30 bits per heavy atom. The zero-order valence-corrected chi connectivity index (χ0v) is 13.0. The SMILES string of the molecule is Cc1cccc(C(O)c2ccc(CC(C)C)cc2)c1Cl. The Morgan fingerprint density at radius 1 is 1.05 bits per heavy atom. The Labute approximate surface area is 126 Å². The van der Waals surface area contributed by atoms with Crippen LogP contribution < -0.4 is 0 Å². The average molecular weight is 289 g/mol. The summed E-state index contributed by atoms with van der Waals surface area (Å²) in [6, 6.07) is 13.9. The van der Waals surface area contributed by atoms with E-state index < -0.39 is 6.10 Å². The molecule has 1 N–H and O–H groups in total. The number of halogens is 1. The minimum Gasteiger partial charge on any atom is -0.384 e. The third-order valence-electron chi connectivity index (χ3n) is 3.46. The van der Waals surface area contributed by atoms with Gasteiger partial charge in [0.25, 0.3) is 0 Å². The highest BCUT2D eigenvalue weighted by Crippen LogP contribution is 2.30. The summed E-state index contributed by atoms with van der Waals surface area (Å²) in [6.07, 6.45) is 0.386. The first-order valence-corrected chi connectivity index (χ1v) is 7.38. The molecule has 0 aliphatic carbocycles. The summed E-state index contributed by atoms with van der Waals surface area (Å²) in [4.78, 5) is 0. The van der Waals surface area contributed by atoms with Crippen LogP contribution >= 0.6 is 11.6 Å². The van der Waals surface area contributed by atoms with Gasteiger partial charge in [-0.15, -0.1) is 0 Å². The van der Waals surface area contributed by atoms with Crippen molar-refractivity contribution in [2.75, 3.05) is 0 Å². The van der Waals surface area contributed by atoms with Crippen molar-refractivity contribution >= 4 is 11.6 Å². The molecule has 0 fully saturated rings. The molecule has 20 heavy (non-hydrogen) atoms. The minimum absolute atomic E-state index is 0.636. The predicted molar refractivity (Wildman–Crippen MR) is 85.2 cm³/mol. The van der Waals surface area contributed by atoms with E-state index in [4.69, 9.17) is 11.6 Å². The van der Waals surface area contributed by atoms with Crippen LogP contribution in [-0.2, 0) is 6.42 Å². The average Bonchev–Trinajstić information content (AvgIpc) is 2.41. The Balaban J connectivity index is 2.25. The highest BCUT2D eigenvalue weighted by molar-refractivity contribution is 6.32. The molecule has 106 valence electrons. The lowest BCUT2D eigenvalue weighted by molar-refractivity contribution is 0.220. The van der Waals surface area contributed by atoms with Gasteiger partial charge < -0.3 is 5.11 Å². The number of aryl methyl sites for hydroxylation is 1. The van der Waals surface area contributed by atoms with E-state index in [-0.39, 0.29) is 0 Å². The first-order valence-electron chi connectivity index (χ1n) is 7.01. The zero-order valence-electron chi connectivity index (χ0n) is 12.2. The van der Waals surface area contributed by atoms with Gasteiger partial charge in [-0.2, -0.15) is 0 Å². The molecule has 2 aromatic carbocycles. The normalized spacial score (nSPS) is 12.7. The summed E-state index contributed by atoms with van der Waals surface area (Å²) in [7, 11) is 0. The third-order valence-corrected chi connectivity index (χ3v) is 3.97. The minimum atomic E-state index is -0.671. The van der Waals surface area contributed by atoms with Crippen molar-refractivity contribution in [1.82, 2.24) is 0 Å². The molecule has 2 rings (SSSR count). The van der Waals surface area contributed by atoms with Gasteiger partial charge >= 0.3 is 0 Å². The van der Waals surface area contributed by atoms with Gasteiger partial charge in [-0.25, -0.2) is 0 Å². The Bertz CT molecular complexity index is 572. The Morgan fingerprint density at radius 2 is 1.70 bits per heavy atom. The lowest BCUT2D eigenvalue weighted by Gasteiger charge is -2.15. The molecule has 0 aliphatic heterocycles. The molecule has 2 heteroatoms. The molecular formula is C18H21ClO. The lowest BCUT2D eigenvalue weighted by atomic mass is 9.97. The highest BCUT2D eigenvalue weighted by Gasteiger charge is 2.14. The molecule has 0 amide bonds. The fraction of sp³-hybridized carbons (Fsp3) is 0.333. The van der Waals surface area contributed by atoms with Crippen LogP contribution in [0.15, 0.2) is 42.5 Å². The molecule has 0 radical (unpaired) electrons. The summed E-state index contributed by atoms with van der Waals surface area (Å²) in [5.74, 6) is 0.636. The van der Waals surface area contributed by atoms with Crippen LogP contribution in [-0.4, -0.2) is 5.11 Å². The molecule has 1 unspecified atom stereocenters. The summed E-state index contributed by atoms with van der Waals surface area (Å²) in [6.45, 7) is 6.36. The smallest absolute Gasteiger partial charge is 0.105 e. The van der Waals surface area contributed by atoms with Gasteiger partial charge in [-0.3, -0.25) is 0 Å². The number of benzene rings is 2. The first-order chi connectivity index (χ1) is 9.49. The van der Waals surface area contributed by atoms with Crippen LogP contribution in [0.25, 0.3) is 0 Å². The van der Waals surface area contributed by atoms with Crippen LogP contribution in [0.5, 0.6) is 0 Å². The van der Waals surface area contributed by atoms with Crippen LogP contribution in [0.4, 0.5) is 0 Å². The Kier molecular flexibility index (Phi) is 4.85. The number of aliphatic hydroxyl groups is 1. The molecule has 1 atom stereocenters. The van der Waals surface area contributed by atoms with E-state index in [1.807, 2.05) is 37.3 Å². The molecule has 0 saturated carbocycles. The van der Waals surface area contributed by atoms with E-state index in [1.54, 1.807) is 0 Å². The van der Waals surface area contributed by atoms with Gasteiger partial charge in [0, 0.05) is 10.6 Å². The summed E-state index contributed by atoms with van der Waals surface area (Å²) in [5.41, 5.74) is 3.93. The van der Waals surface area contributed by atoms with E-state index in [1.165, 1.54) is 5.56 Å². The molecule has 0 aliphatic rings. The molecule has 0 bridgehead atoms. The van der Waals surface area contributed by atoms with E-state index in [2.05, 4.69) is 26.0 Å². The van der Waals surface area contributed by atoms with Gasteiger partial charge in [0.2, 0.25) is 0 Å². The summed E-state index contributed by atoms with van der Waals surface area (Å²) in [5, 5.41) is 11.1. The van der Waals surface area contributed by atoms with Gasteiger partial charge in [-0.05, 0) is 36.0 Å². The quantitative estimate of drug-likeness (QED) is 0.846. The topological polar surface area (TPSA) is 20.2 Å². The maximum absolute atomic E-state index is 10.5. The second-order valence-electron chi connectivity index (χ2n) is 5.72. The first kappa shape index (κ1) is 15.1. The van der Waals surface area contributed by atoms with Crippen molar-refractivity contribution in [1.29, 1.82) is 0 Å². The third kappa shape index (κ3) is 3.41. The van der Waals surface area contributed by atoms with Crippen LogP contribution in [0, 0.1) is 12.8 Å². The number of rotatable bonds is 4. The van der Waals surface area contributed by atoms with Gasteiger partial charge in [0.1, 0.15) is 6.10 Å². The Hall–Kier alpha value is -1.31. The summed E-state index contributed by atoms with van der Waals surface area (Å²) >= 11 is 6.28.